The van der Waals surface area contributed by atoms with E-state index in [1.807, 2.05) is 0 Å². The summed E-state index contributed by atoms with van der Waals surface area (Å²) in [5.41, 5.74) is -1.14. The summed E-state index contributed by atoms with van der Waals surface area (Å²) in [4.78, 5) is 24.6. The number of nitrogens with zero attached hydrogens (tertiary/aromatic N) is 3. The minimum atomic E-state index is -4.74. The lowest BCUT2D eigenvalue weighted by atomic mass is 10.1. The molecule has 0 unspecified atom stereocenters. The lowest BCUT2D eigenvalue weighted by Gasteiger charge is -2.15. The summed E-state index contributed by atoms with van der Waals surface area (Å²) in [6.07, 6.45) is -3.58. The van der Waals surface area contributed by atoms with Gasteiger partial charge in [-0.3, -0.25) is 9.59 Å². The van der Waals surface area contributed by atoms with Gasteiger partial charge < -0.3 is 10.6 Å². The summed E-state index contributed by atoms with van der Waals surface area (Å²) >= 11 is 0. The van der Waals surface area contributed by atoms with E-state index in [9.17, 15) is 22.8 Å². The van der Waals surface area contributed by atoms with Crippen molar-refractivity contribution in [2.75, 3.05) is 10.6 Å². The topological polar surface area (TPSA) is 88.9 Å². The Hall–Kier alpha value is -3.69. The standard InChI is InChI=1S/C18H14F3N5O2/c1-11(27)23-12-7-8-15(14(9-12)18(19,20)21)24-17(28)16-10-22-26(25-16)13-5-3-2-4-6-13/h2-10H,1H3,(H,23,27)(H,24,28). The van der Waals surface area contributed by atoms with E-state index in [0.29, 0.717) is 5.69 Å². The summed E-state index contributed by atoms with van der Waals surface area (Å²) in [6, 6.07) is 11.8. The number of carbonyl (C=O) groups is 2. The average molecular weight is 389 g/mol. The molecule has 0 spiro atoms. The van der Waals surface area contributed by atoms with Crippen LogP contribution >= 0.6 is 0 Å². The average Bonchev–Trinajstić information content (AvgIpc) is 3.13. The van der Waals surface area contributed by atoms with Gasteiger partial charge in [-0.2, -0.15) is 23.1 Å². The smallest absolute Gasteiger partial charge is 0.326 e. The molecular formula is C18H14F3N5O2. The second-order valence-corrected chi connectivity index (χ2v) is 5.75. The van der Waals surface area contributed by atoms with Crippen LogP contribution < -0.4 is 10.6 Å². The van der Waals surface area contributed by atoms with Crippen molar-refractivity contribution in [1.29, 1.82) is 0 Å². The number of nitrogens with one attached hydrogen (secondary N) is 2. The SMILES string of the molecule is CC(=O)Nc1ccc(NC(=O)c2cnn(-c3ccccc3)n2)c(C(F)(F)F)c1. The van der Waals surface area contributed by atoms with Gasteiger partial charge in [0.05, 0.1) is 23.1 Å². The van der Waals surface area contributed by atoms with Gasteiger partial charge in [0.15, 0.2) is 5.69 Å². The minimum Gasteiger partial charge on any atom is -0.326 e. The molecule has 0 fully saturated rings. The summed E-state index contributed by atoms with van der Waals surface area (Å²) in [7, 11) is 0. The number of anilines is 2. The van der Waals surface area contributed by atoms with Gasteiger partial charge in [-0.05, 0) is 30.3 Å². The van der Waals surface area contributed by atoms with E-state index in [0.717, 1.165) is 18.3 Å². The maximum Gasteiger partial charge on any atom is 0.418 e. The number of para-hydroxylation sites is 1. The lowest BCUT2D eigenvalue weighted by molar-refractivity contribution is -0.137. The molecule has 0 radical (unpaired) electrons. The van der Waals surface area contributed by atoms with Gasteiger partial charge in [0.2, 0.25) is 5.91 Å². The Labute approximate surface area is 157 Å². The monoisotopic (exact) mass is 389 g/mol. The second-order valence-electron chi connectivity index (χ2n) is 5.75. The molecule has 144 valence electrons. The number of aromatic nitrogens is 3. The first-order valence-electron chi connectivity index (χ1n) is 8.02. The largest absolute Gasteiger partial charge is 0.418 e. The third-order valence-electron chi connectivity index (χ3n) is 3.61. The van der Waals surface area contributed by atoms with Gasteiger partial charge >= 0.3 is 6.18 Å². The molecule has 0 bridgehead atoms. The van der Waals surface area contributed by atoms with Crippen LogP contribution in [-0.2, 0) is 11.0 Å². The van der Waals surface area contributed by atoms with Crippen molar-refractivity contribution in [2.45, 2.75) is 13.1 Å². The Bertz CT molecular complexity index is 1020. The summed E-state index contributed by atoms with van der Waals surface area (Å²) < 4.78 is 40.0. The molecule has 3 rings (SSSR count). The van der Waals surface area contributed by atoms with Crippen LogP contribution in [0.4, 0.5) is 24.5 Å². The summed E-state index contributed by atoms with van der Waals surface area (Å²) in [6.45, 7) is 1.18. The first-order chi connectivity index (χ1) is 13.2. The number of hydrogen-bond acceptors (Lipinski definition) is 4. The minimum absolute atomic E-state index is 0.0344. The molecular weight excluding hydrogens is 375 g/mol. The normalized spacial score (nSPS) is 11.1. The van der Waals surface area contributed by atoms with E-state index in [1.54, 1.807) is 30.3 Å². The molecule has 1 heterocycles. The number of hydrogen-bond donors (Lipinski definition) is 2. The Balaban J connectivity index is 1.86. The molecule has 28 heavy (non-hydrogen) atoms. The molecule has 0 saturated carbocycles. The van der Waals surface area contributed by atoms with Crippen molar-refractivity contribution in [3.8, 4) is 5.69 Å². The van der Waals surface area contributed by atoms with Crippen LogP contribution in [0.5, 0.6) is 0 Å². The summed E-state index contributed by atoms with van der Waals surface area (Å²) in [5.74, 6) is -1.36. The Kier molecular flexibility index (Phi) is 5.12. The molecule has 0 atom stereocenters. The molecule has 3 aromatic rings. The molecule has 2 N–H and O–H groups in total. The highest BCUT2D eigenvalue weighted by Gasteiger charge is 2.34. The number of benzene rings is 2. The second kappa shape index (κ2) is 7.51. The highest BCUT2D eigenvalue weighted by molar-refractivity contribution is 6.03. The summed E-state index contributed by atoms with van der Waals surface area (Å²) in [5, 5.41) is 12.4. The first-order valence-corrected chi connectivity index (χ1v) is 8.02. The zero-order valence-corrected chi connectivity index (χ0v) is 14.5. The van der Waals surface area contributed by atoms with Gasteiger partial charge in [0.25, 0.3) is 5.91 Å². The van der Waals surface area contributed by atoms with Crippen LogP contribution in [0, 0.1) is 0 Å². The molecule has 0 aliphatic rings. The number of carbonyl (C=O) groups excluding carboxylic acids is 2. The van der Waals surface area contributed by atoms with Crippen molar-refractivity contribution < 1.29 is 22.8 Å². The van der Waals surface area contributed by atoms with Gasteiger partial charge in [-0.15, -0.1) is 5.10 Å². The fourth-order valence-electron chi connectivity index (χ4n) is 2.41. The number of amides is 2. The van der Waals surface area contributed by atoms with Crippen molar-refractivity contribution >= 4 is 23.2 Å². The van der Waals surface area contributed by atoms with Crippen molar-refractivity contribution in [2.24, 2.45) is 0 Å². The number of alkyl halides is 3. The van der Waals surface area contributed by atoms with Crippen LogP contribution in [0.3, 0.4) is 0 Å². The number of rotatable bonds is 4. The molecule has 0 saturated heterocycles. The molecule has 0 aliphatic heterocycles. The van der Waals surface area contributed by atoms with Gasteiger partial charge in [0, 0.05) is 12.6 Å². The van der Waals surface area contributed by atoms with Crippen LogP contribution in [0.25, 0.3) is 5.69 Å². The van der Waals surface area contributed by atoms with E-state index >= 15 is 0 Å². The van der Waals surface area contributed by atoms with Crippen molar-refractivity contribution in [1.82, 2.24) is 15.0 Å². The third-order valence-corrected chi connectivity index (χ3v) is 3.61. The predicted molar refractivity (Wildman–Crippen MR) is 95.1 cm³/mol. The van der Waals surface area contributed by atoms with Crippen molar-refractivity contribution in [3.63, 3.8) is 0 Å². The van der Waals surface area contributed by atoms with Gasteiger partial charge in [-0.25, -0.2) is 0 Å². The fourth-order valence-corrected chi connectivity index (χ4v) is 2.41. The van der Waals surface area contributed by atoms with Crippen molar-refractivity contribution in [3.05, 3.63) is 66.0 Å². The predicted octanol–water partition coefficient (Wildman–Crippen LogP) is 3.50. The van der Waals surface area contributed by atoms with E-state index in [2.05, 4.69) is 20.8 Å². The highest BCUT2D eigenvalue weighted by atomic mass is 19.4. The van der Waals surface area contributed by atoms with Gasteiger partial charge in [0.1, 0.15) is 0 Å². The van der Waals surface area contributed by atoms with Crippen LogP contribution in [0.15, 0.2) is 54.7 Å². The fraction of sp³-hybridized carbons (Fsp3) is 0.111. The third kappa shape index (κ3) is 4.34. The maximum atomic E-state index is 13.3. The Morgan fingerprint density at radius 2 is 1.75 bits per heavy atom. The first kappa shape index (κ1) is 19.1. The van der Waals surface area contributed by atoms with Crippen LogP contribution in [0.2, 0.25) is 0 Å². The highest BCUT2D eigenvalue weighted by Crippen LogP contribution is 2.36. The molecule has 2 aromatic carbocycles. The quantitative estimate of drug-likeness (QED) is 0.715. The molecule has 2 amide bonds. The molecule has 1 aromatic heterocycles. The Morgan fingerprint density at radius 3 is 2.39 bits per heavy atom. The number of halogens is 3. The van der Waals surface area contributed by atoms with E-state index in [4.69, 9.17) is 0 Å². The zero-order valence-electron chi connectivity index (χ0n) is 14.5. The van der Waals surface area contributed by atoms with E-state index in [1.165, 1.54) is 17.8 Å². The zero-order chi connectivity index (χ0) is 20.3. The lowest BCUT2D eigenvalue weighted by Crippen LogP contribution is -2.18. The van der Waals surface area contributed by atoms with Crippen LogP contribution in [-0.4, -0.2) is 26.8 Å². The van der Waals surface area contributed by atoms with E-state index < -0.39 is 29.2 Å². The van der Waals surface area contributed by atoms with Crippen LogP contribution in [0.1, 0.15) is 23.0 Å². The Morgan fingerprint density at radius 1 is 1.04 bits per heavy atom. The molecule has 10 heteroatoms. The van der Waals surface area contributed by atoms with Gasteiger partial charge in [-0.1, -0.05) is 18.2 Å². The molecule has 7 nitrogen and oxygen atoms in total. The maximum absolute atomic E-state index is 13.3. The molecule has 0 aliphatic carbocycles. The van der Waals surface area contributed by atoms with E-state index in [-0.39, 0.29) is 11.4 Å².